The van der Waals surface area contributed by atoms with Gasteiger partial charge in [-0.2, -0.15) is 5.26 Å². The molecule has 0 aromatic heterocycles. The van der Waals surface area contributed by atoms with Crippen LogP contribution in [0.25, 0.3) is 0 Å². The minimum Gasteiger partial charge on any atom is -0.478 e. The summed E-state index contributed by atoms with van der Waals surface area (Å²) in [4.78, 5) is 9.86. The number of nitrogens with zero attached hydrogens (tertiary/aromatic N) is 1. The first-order valence-electron chi connectivity index (χ1n) is 3.37. The van der Waals surface area contributed by atoms with Crippen molar-refractivity contribution in [2.24, 2.45) is 0 Å². The summed E-state index contributed by atoms with van der Waals surface area (Å²) in [5.41, 5.74) is 0.949. The Hall–Kier alpha value is -1.56. The Labute approximate surface area is 72.6 Å². The number of nitriles is 1. The van der Waals surface area contributed by atoms with Gasteiger partial charge in [-0.05, 0) is 20.8 Å². The first-order chi connectivity index (χ1) is 5.45. The van der Waals surface area contributed by atoms with Crippen molar-refractivity contribution in [1.82, 2.24) is 0 Å². The maximum atomic E-state index is 9.86. The van der Waals surface area contributed by atoms with E-state index in [9.17, 15) is 4.79 Å². The average Bonchev–Trinajstić information content (AvgIpc) is 2.04. The van der Waals surface area contributed by atoms with Crippen molar-refractivity contribution >= 4 is 5.97 Å². The van der Waals surface area contributed by atoms with E-state index in [2.05, 4.69) is 6.58 Å². The van der Waals surface area contributed by atoms with Gasteiger partial charge in [0.25, 0.3) is 0 Å². The molecule has 12 heavy (non-hydrogen) atoms. The molecule has 66 valence electrons. The standard InChI is InChI=1S/C5H8O2.C4H5N/c1-3-4(2)5(6)7;1-4(2)3-5/h3H,1-2H3,(H,6,7);1H2,2H3/b4-3+;. The fourth-order valence-corrected chi connectivity index (χ4v) is 0.123. The molecule has 0 aromatic carbocycles. The second-order valence-corrected chi connectivity index (χ2v) is 2.17. The van der Waals surface area contributed by atoms with Crippen molar-refractivity contribution in [3.8, 4) is 6.07 Å². The monoisotopic (exact) mass is 167 g/mol. The Morgan fingerprint density at radius 1 is 1.58 bits per heavy atom. The van der Waals surface area contributed by atoms with Gasteiger partial charge in [0.1, 0.15) is 0 Å². The smallest absolute Gasteiger partial charge is 0.330 e. The number of allylic oxidation sites excluding steroid dienone is 2. The molecule has 0 radical (unpaired) electrons. The van der Waals surface area contributed by atoms with Crippen LogP contribution in [0.5, 0.6) is 0 Å². The summed E-state index contributed by atoms with van der Waals surface area (Å²) in [7, 11) is 0. The van der Waals surface area contributed by atoms with Crippen LogP contribution in [0.3, 0.4) is 0 Å². The van der Waals surface area contributed by atoms with Crippen molar-refractivity contribution < 1.29 is 9.90 Å². The number of carboxylic acid groups (broad SMARTS) is 1. The van der Waals surface area contributed by atoms with Crippen LogP contribution in [-0.2, 0) is 4.79 Å². The quantitative estimate of drug-likeness (QED) is 0.480. The number of rotatable bonds is 1. The number of hydrogen-bond donors (Lipinski definition) is 1. The highest BCUT2D eigenvalue weighted by atomic mass is 16.4. The van der Waals surface area contributed by atoms with E-state index in [0.717, 1.165) is 0 Å². The van der Waals surface area contributed by atoms with E-state index in [1.165, 1.54) is 0 Å². The molecule has 1 N–H and O–H groups in total. The molecule has 0 aromatic rings. The van der Waals surface area contributed by atoms with Gasteiger partial charge in [-0.3, -0.25) is 0 Å². The molecule has 3 heteroatoms. The first kappa shape index (κ1) is 13.1. The SMILES string of the molecule is C/C=C(\C)C(=O)O.C=C(C)C#N. The predicted molar refractivity (Wildman–Crippen MR) is 47.5 cm³/mol. The number of hydrogen-bond acceptors (Lipinski definition) is 2. The predicted octanol–water partition coefficient (Wildman–Crippen LogP) is 2.12. The summed E-state index contributed by atoms with van der Waals surface area (Å²) >= 11 is 0. The molecule has 0 aliphatic rings. The molecule has 0 saturated carbocycles. The van der Waals surface area contributed by atoms with E-state index in [0.29, 0.717) is 11.1 Å². The van der Waals surface area contributed by atoms with Crippen molar-refractivity contribution in [3.63, 3.8) is 0 Å². The summed E-state index contributed by atoms with van der Waals surface area (Å²) < 4.78 is 0. The van der Waals surface area contributed by atoms with Gasteiger partial charge in [0, 0.05) is 11.1 Å². The van der Waals surface area contributed by atoms with E-state index in [4.69, 9.17) is 10.4 Å². The summed E-state index contributed by atoms with van der Waals surface area (Å²) in [5, 5.41) is 15.9. The zero-order chi connectivity index (χ0) is 10.1. The summed E-state index contributed by atoms with van der Waals surface area (Å²) in [6.07, 6.45) is 1.56. The Morgan fingerprint density at radius 2 is 1.92 bits per heavy atom. The van der Waals surface area contributed by atoms with Gasteiger partial charge in [0.15, 0.2) is 0 Å². The largest absolute Gasteiger partial charge is 0.478 e. The minimum atomic E-state index is -0.845. The Morgan fingerprint density at radius 3 is 1.92 bits per heavy atom. The molecule has 0 rings (SSSR count). The van der Waals surface area contributed by atoms with Crippen LogP contribution in [-0.4, -0.2) is 11.1 Å². The lowest BCUT2D eigenvalue weighted by molar-refractivity contribution is -0.132. The van der Waals surface area contributed by atoms with Crippen LogP contribution in [0.1, 0.15) is 20.8 Å². The lowest BCUT2D eigenvalue weighted by atomic mass is 10.3. The number of carbonyl (C=O) groups is 1. The van der Waals surface area contributed by atoms with Gasteiger partial charge in [0.2, 0.25) is 0 Å². The number of carboxylic acids is 1. The van der Waals surface area contributed by atoms with Crippen molar-refractivity contribution in [3.05, 3.63) is 23.8 Å². The lowest BCUT2D eigenvalue weighted by Crippen LogP contribution is -1.93. The van der Waals surface area contributed by atoms with E-state index in [-0.39, 0.29) is 0 Å². The van der Waals surface area contributed by atoms with Crippen LogP contribution < -0.4 is 0 Å². The molecule has 0 unspecified atom stereocenters. The highest BCUT2D eigenvalue weighted by Gasteiger charge is 1.93. The molecular formula is C9H13NO2. The second-order valence-electron chi connectivity index (χ2n) is 2.17. The third-order valence-electron chi connectivity index (χ3n) is 0.961. The minimum absolute atomic E-state index is 0.389. The summed E-state index contributed by atoms with van der Waals surface area (Å²) in [6.45, 7) is 8.23. The molecule has 0 aliphatic heterocycles. The summed E-state index contributed by atoms with van der Waals surface area (Å²) in [5.74, 6) is -0.845. The Kier molecular flexibility index (Phi) is 8.21. The molecule has 0 atom stereocenters. The fraction of sp³-hybridized carbons (Fsp3) is 0.333. The van der Waals surface area contributed by atoms with E-state index in [1.807, 2.05) is 6.07 Å². The van der Waals surface area contributed by atoms with E-state index < -0.39 is 5.97 Å². The third-order valence-corrected chi connectivity index (χ3v) is 0.961. The molecule has 0 fully saturated rings. The normalized spacial score (nSPS) is 9.00. The molecule has 0 heterocycles. The van der Waals surface area contributed by atoms with Crippen LogP contribution in [0.15, 0.2) is 23.8 Å². The van der Waals surface area contributed by atoms with Crippen LogP contribution in [0.4, 0.5) is 0 Å². The van der Waals surface area contributed by atoms with Crippen LogP contribution >= 0.6 is 0 Å². The van der Waals surface area contributed by atoms with Crippen LogP contribution in [0.2, 0.25) is 0 Å². The van der Waals surface area contributed by atoms with Gasteiger partial charge in [0.05, 0.1) is 6.07 Å². The molecule has 0 bridgehead atoms. The van der Waals surface area contributed by atoms with Gasteiger partial charge in [-0.25, -0.2) is 4.79 Å². The van der Waals surface area contributed by atoms with Crippen molar-refractivity contribution in [1.29, 1.82) is 5.26 Å². The molecule has 0 spiro atoms. The second kappa shape index (κ2) is 7.55. The summed E-state index contributed by atoms with van der Waals surface area (Å²) in [6, 6.07) is 1.83. The van der Waals surface area contributed by atoms with Crippen LogP contribution in [0, 0.1) is 11.3 Å². The highest BCUT2D eigenvalue weighted by Crippen LogP contribution is 1.87. The molecule has 0 saturated heterocycles. The first-order valence-corrected chi connectivity index (χ1v) is 3.37. The maximum absolute atomic E-state index is 9.86. The molecule has 0 aliphatic carbocycles. The van der Waals surface area contributed by atoms with Gasteiger partial charge < -0.3 is 5.11 Å². The van der Waals surface area contributed by atoms with Gasteiger partial charge in [-0.1, -0.05) is 12.7 Å². The fourth-order valence-electron chi connectivity index (χ4n) is 0.123. The van der Waals surface area contributed by atoms with Crippen molar-refractivity contribution in [2.45, 2.75) is 20.8 Å². The van der Waals surface area contributed by atoms with E-state index >= 15 is 0 Å². The maximum Gasteiger partial charge on any atom is 0.330 e. The van der Waals surface area contributed by atoms with Crippen molar-refractivity contribution in [2.75, 3.05) is 0 Å². The zero-order valence-corrected chi connectivity index (χ0v) is 7.59. The third kappa shape index (κ3) is 11.3. The molecular weight excluding hydrogens is 154 g/mol. The Balaban J connectivity index is 0. The topological polar surface area (TPSA) is 61.1 Å². The average molecular weight is 167 g/mol. The zero-order valence-electron chi connectivity index (χ0n) is 7.59. The number of aliphatic carboxylic acids is 1. The van der Waals surface area contributed by atoms with E-state index in [1.54, 1.807) is 26.8 Å². The molecule has 0 amide bonds. The highest BCUT2D eigenvalue weighted by molar-refractivity contribution is 5.85. The lowest BCUT2D eigenvalue weighted by Gasteiger charge is -1.84. The molecule has 3 nitrogen and oxygen atoms in total. The van der Waals surface area contributed by atoms with Gasteiger partial charge in [-0.15, -0.1) is 0 Å². The van der Waals surface area contributed by atoms with Gasteiger partial charge >= 0.3 is 5.97 Å². The Bertz CT molecular complexity index is 233.